The SMILES string of the molecule is O=C(COc1ccccc1)Nc1ccc(N2CCN(S(=O)(=O)c3ccc(Cl)cc3)CC2)nc1. The molecule has 1 aliphatic rings. The van der Waals surface area contributed by atoms with Gasteiger partial charge in [0.25, 0.3) is 5.91 Å². The van der Waals surface area contributed by atoms with Crippen LogP contribution in [0, 0.1) is 0 Å². The zero-order valence-electron chi connectivity index (χ0n) is 17.7. The highest BCUT2D eigenvalue weighted by atomic mass is 35.5. The Morgan fingerprint density at radius 2 is 1.67 bits per heavy atom. The molecule has 10 heteroatoms. The van der Waals surface area contributed by atoms with E-state index in [9.17, 15) is 13.2 Å². The van der Waals surface area contributed by atoms with E-state index in [2.05, 4.69) is 10.3 Å². The number of carbonyl (C=O) groups is 1. The van der Waals surface area contributed by atoms with Crippen LogP contribution in [0.15, 0.2) is 77.8 Å². The minimum Gasteiger partial charge on any atom is -0.484 e. The van der Waals surface area contributed by atoms with Gasteiger partial charge < -0.3 is 15.0 Å². The average molecular weight is 487 g/mol. The maximum absolute atomic E-state index is 12.8. The fourth-order valence-electron chi connectivity index (χ4n) is 3.42. The molecule has 1 aliphatic heterocycles. The molecule has 1 N–H and O–H groups in total. The van der Waals surface area contributed by atoms with Gasteiger partial charge in [0.05, 0.1) is 16.8 Å². The molecule has 0 aliphatic carbocycles. The molecular weight excluding hydrogens is 464 g/mol. The van der Waals surface area contributed by atoms with Crippen molar-refractivity contribution in [2.45, 2.75) is 4.90 Å². The highest BCUT2D eigenvalue weighted by molar-refractivity contribution is 7.89. The number of nitrogens with one attached hydrogen (secondary N) is 1. The Labute approximate surface area is 197 Å². The summed E-state index contributed by atoms with van der Waals surface area (Å²) in [7, 11) is -3.56. The quantitative estimate of drug-likeness (QED) is 0.551. The summed E-state index contributed by atoms with van der Waals surface area (Å²) >= 11 is 5.86. The van der Waals surface area contributed by atoms with Crippen LogP contribution in [0.3, 0.4) is 0 Å². The Morgan fingerprint density at radius 3 is 2.30 bits per heavy atom. The first kappa shape index (κ1) is 23.0. The highest BCUT2D eigenvalue weighted by Gasteiger charge is 2.28. The highest BCUT2D eigenvalue weighted by Crippen LogP contribution is 2.22. The van der Waals surface area contributed by atoms with Crippen LogP contribution in [-0.4, -0.2) is 56.4 Å². The molecule has 33 heavy (non-hydrogen) atoms. The van der Waals surface area contributed by atoms with E-state index in [1.165, 1.54) is 16.4 Å². The zero-order valence-corrected chi connectivity index (χ0v) is 19.3. The van der Waals surface area contributed by atoms with Gasteiger partial charge in [-0.25, -0.2) is 13.4 Å². The van der Waals surface area contributed by atoms with Crippen molar-refractivity contribution in [3.63, 3.8) is 0 Å². The number of sulfonamides is 1. The molecule has 0 bridgehead atoms. The minimum absolute atomic E-state index is 0.101. The van der Waals surface area contributed by atoms with Crippen LogP contribution >= 0.6 is 11.6 Å². The van der Waals surface area contributed by atoms with Crippen LogP contribution in [0.1, 0.15) is 0 Å². The average Bonchev–Trinajstić information content (AvgIpc) is 2.84. The summed E-state index contributed by atoms with van der Waals surface area (Å²) in [6.07, 6.45) is 1.58. The normalized spacial score (nSPS) is 14.6. The second-order valence-corrected chi connectivity index (χ2v) is 9.77. The van der Waals surface area contributed by atoms with E-state index < -0.39 is 10.0 Å². The van der Waals surface area contributed by atoms with Crippen molar-refractivity contribution >= 4 is 39.0 Å². The molecule has 0 spiro atoms. The number of rotatable bonds is 7. The number of amides is 1. The number of para-hydroxylation sites is 1. The lowest BCUT2D eigenvalue weighted by molar-refractivity contribution is -0.118. The predicted octanol–water partition coefficient (Wildman–Crippen LogP) is 3.26. The number of anilines is 2. The van der Waals surface area contributed by atoms with Crippen molar-refractivity contribution < 1.29 is 17.9 Å². The Morgan fingerprint density at radius 1 is 0.970 bits per heavy atom. The van der Waals surface area contributed by atoms with Gasteiger partial charge in [-0.1, -0.05) is 29.8 Å². The van der Waals surface area contributed by atoms with Gasteiger partial charge in [-0.2, -0.15) is 4.31 Å². The number of benzene rings is 2. The summed E-state index contributed by atoms with van der Waals surface area (Å²) in [4.78, 5) is 18.8. The van der Waals surface area contributed by atoms with Crippen molar-refractivity contribution in [3.05, 3.63) is 77.9 Å². The van der Waals surface area contributed by atoms with Crippen molar-refractivity contribution in [2.75, 3.05) is 43.0 Å². The lowest BCUT2D eigenvalue weighted by atomic mass is 10.3. The second kappa shape index (κ2) is 10.2. The number of hydrogen-bond acceptors (Lipinski definition) is 6. The summed E-state index contributed by atoms with van der Waals surface area (Å²) < 4.78 is 32.6. The Balaban J connectivity index is 1.29. The molecule has 3 aromatic rings. The van der Waals surface area contributed by atoms with Gasteiger partial charge in [-0.15, -0.1) is 0 Å². The molecule has 0 atom stereocenters. The smallest absolute Gasteiger partial charge is 0.262 e. The maximum atomic E-state index is 12.8. The molecule has 2 heterocycles. The van der Waals surface area contributed by atoms with Crippen molar-refractivity contribution in [1.29, 1.82) is 0 Å². The number of carbonyl (C=O) groups excluding carboxylic acids is 1. The van der Waals surface area contributed by atoms with Crippen LogP contribution < -0.4 is 15.0 Å². The topological polar surface area (TPSA) is 91.8 Å². The van der Waals surface area contributed by atoms with E-state index in [1.807, 2.05) is 23.1 Å². The largest absolute Gasteiger partial charge is 0.484 e. The predicted molar refractivity (Wildman–Crippen MR) is 127 cm³/mol. The molecular formula is C23H23ClN4O4S. The molecule has 4 rings (SSSR count). The monoisotopic (exact) mass is 486 g/mol. The fraction of sp³-hybridized carbons (Fsp3) is 0.217. The lowest BCUT2D eigenvalue weighted by Gasteiger charge is -2.34. The molecule has 1 aromatic heterocycles. The molecule has 0 radical (unpaired) electrons. The van der Waals surface area contributed by atoms with E-state index >= 15 is 0 Å². The van der Waals surface area contributed by atoms with Gasteiger partial charge >= 0.3 is 0 Å². The maximum Gasteiger partial charge on any atom is 0.262 e. The first-order valence-electron chi connectivity index (χ1n) is 10.4. The number of aromatic nitrogens is 1. The van der Waals surface area contributed by atoms with E-state index in [0.29, 0.717) is 42.6 Å². The molecule has 1 amide bonds. The second-order valence-electron chi connectivity index (χ2n) is 7.40. The third-order valence-corrected chi connectivity index (χ3v) is 7.32. The van der Waals surface area contributed by atoms with Crippen molar-refractivity contribution in [3.8, 4) is 5.75 Å². The first-order valence-corrected chi connectivity index (χ1v) is 12.2. The molecule has 1 saturated heterocycles. The zero-order chi connectivity index (χ0) is 23.3. The fourth-order valence-corrected chi connectivity index (χ4v) is 4.97. The molecule has 172 valence electrons. The number of halogens is 1. The van der Waals surface area contributed by atoms with E-state index in [4.69, 9.17) is 16.3 Å². The van der Waals surface area contributed by atoms with Gasteiger partial charge in [-0.05, 0) is 48.5 Å². The molecule has 1 fully saturated rings. The van der Waals surface area contributed by atoms with Crippen LogP contribution in [0.25, 0.3) is 0 Å². The minimum atomic E-state index is -3.56. The third-order valence-electron chi connectivity index (χ3n) is 5.16. The van der Waals surface area contributed by atoms with Gasteiger partial charge in [0, 0.05) is 31.2 Å². The Hall–Kier alpha value is -3.14. The lowest BCUT2D eigenvalue weighted by Crippen LogP contribution is -2.48. The summed E-state index contributed by atoms with van der Waals surface area (Å²) in [6.45, 7) is 1.62. The van der Waals surface area contributed by atoms with Gasteiger partial charge in [-0.3, -0.25) is 4.79 Å². The summed E-state index contributed by atoms with van der Waals surface area (Å²) in [5, 5.41) is 3.24. The third kappa shape index (κ3) is 5.81. The van der Waals surface area contributed by atoms with E-state index in [1.54, 1.807) is 42.6 Å². The summed E-state index contributed by atoms with van der Waals surface area (Å²) in [5.74, 6) is 1.06. The van der Waals surface area contributed by atoms with Crippen LogP contribution in [0.5, 0.6) is 5.75 Å². The van der Waals surface area contributed by atoms with Crippen LogP contribution in [0.2, 0.25) is 5.02 Å². The first-order chi connectivity index (χ1) is 15.9. The van der Waals surface area contributed by atoms with E-state index in [0.717, 1.165) is 5.82 Å². The van der Waals surface area contributed by atoms with Gasteiger partial charge in [0.15, 0.2) is 6.61 Å². The van der Waals surface area contributed by atoms with Crippen molar-refractivity contribution in [2.24, 2.45) is 0 Å². The number of pyridine rings is 1. The molecule has 0 unspecified atom stereocenters. The molecule has 8 nitrogen and oxygen atoms in total. The van der Waals surface area contributed by atoms with Gasteiger partial charge in [0.2, 0.25) is 10.0 Å². The van der Waals surface area contributed by atoms with Crippen molar-refractivity contribution in [1.82, 2.24) is 9.29 Å². The molecule has 0 saturated carbocycles. The van der Waals surface area contributed by atoms with E-state index in [-0.39, 0.29) is 17.4 Å². The number of piperazine rings is 1. The number of hydrogen-bond donors (Lipinski definition) is 1. The Kier molecular flexibility index (Phi) is 7.12. The van der Waals surface area contributed by atoms with Crippen LogP contribution in [0.4, 0.5) is 11.5 Å². The van der Waals surface area contributed by atoms with Gasteiger partial charge in [0.1, 0.15) is 11.6 Å². The Bertz CT molecular complexity index is 1180. The summed E-state index contributed by atoms with van der Waals surface area (Å²) in [6, 6.07) is 18.9. The standard InChI is InChI=1S/C23H23ClN4O4S/c24-18-6-9-21(10-7-18)33(30,31)28-14-12-27(13-15-28)22-11-8-19(16-25-22)26-23(29)17-32-20-4-2-1-3-5-20/h1-11,16H,12-15,17H2,(H,26,29). The number of ether oxygens (including phenoxy) is 1. The summed E-state index contributed by atoms with van der Waals surface area (Å²) in [5.41, 5.74) is 0.560. The number of nitrogens with zero attached hydrogens (tertiary/aromatic N) is 3. The van der Waals surface area contributed by atoms with Crippen LogP contribution in [-0.2, 0) is 14.8 Å². The molecule has 2 aromatic carbocycles.